The van der Waals surface area contributed by atoms with Crippen LogP contribution in [0.3, 0.4) is 0 Å². The fourth-order valence-corrected chi connectivity index (χ4v) is 5.66. The Hall–Kier alpha value is -3.85. The predicted octanol–water partition coefficient (Wildman–Crippen LogP) is 3.09. The molecule has 180 valence electrons. The molecule has 2 fully saturated rings. The van der Waals surface area contributed by atoms with Crippen LogP contribution in [0.4, 0.5) is 11.4 Å². The summed E-state index contributed by atoms with van der Waals surface area (Å²) in [5.41, 5.74) is 2.88. The van der Waals surface area contributed by atoms with Crippen molar-refractivity contribution in [2.24, 2.45) is 11.8 Å². The van der Waals surface area contributed by atoms with Crippen molar-refractivity contribution in [2.45, 2.75) is 25.4 Å². The van der Waals surface area contributed by atoms with Gasteiger partial charge in [0.15, 0.2) is 5.78 Å². The van der Waals surface area contributed by atoms with Crippen LogP contribution in [0.5, 0.6) is 0 Å². The lowest BCUT2D eigenvalue weighted by molar-refractivity contribution is -0.384. The number of hydrogen-bond donors (Lipinski definition) is 0. The number of nitro benzene ring substituents is 1. The summed E-state index contributed by atoms with van der Waals surface area (Å²) in [6.45, 7) is 2.62. The van der Waals surface area contributed by atoms with Crippen molar-refractivity contribution < 1.29 is 24.0 Å². The van der Waals surface area contributed by atoms with E-state index in [1.54, 1.807) is 7.11 Å². The highest BCUT2D eigenvalue weighted by atomic mass is 16.6. The number of methoxy groups -OCH3 is 1. The summed E-state index contributed by atoms with van der Waals surface area (Å²) in [5.74, 6) is -2.48. The minimum Gasteiger partial charge on any atom is -0.385 e. The molecule has 0 unspecified atom stereocenters. The number of benzene rings is 2. The number of imide groups is 1. The average molecular weight is 476 g/mol. The fourth-order valence-electron chi connectivity index (χ4n) is 5.66. The number of rotatable bonds is 7. The maximum Gasteiger partial charge on any atom is 0.269 e. The third-order valence-corrected chi connectivity index (χ3v) is 7.21. The summed E-state index contributed by atoms with van der Waals surface area (Å²) in [4.78, 5) is 54.7. The van der Waals surface area contributed by atoms with Crippen LogP contribution in [-0.2, 0) is 14.3 Å². The summed E-state index contributed by atoms with van der Waals surface area (Å²) >= 11 is 0. The van der Waals surface area contributed by atoms with Gasteiger partial charge in [0.2, 0.25) is 11.8 Å². The van der Waals surface area contributed by atoms with Crippen molar-refractivity contribution in [1.29, 1.82) is 0 Å². The topological polar surface area (TPSA) is 110 Å². The zero-order valence-electron chi connectivity index (χ0n) is 19.4. The molecular formula is C26H25N3O6. The van der Waals surface area contributed by atoms with E-state index in [2.05, 4.69) is 0 Å². The molecule has 5 rings (SSSR count). The summed E-state index contributed by atoms with van der Waals surface area (Å²) in [7, 11) is 1.56. The molecule has 0 bridgehead atoms. The minimum atomic E-state index is -0.902. The van der Waals surface area contributed by atoms with Crippen molar-refractivity contribution in [3.05, 3.63) is 75.8 Å². The second-order valence-electron chi connectivity index (χ2n) is 9.10. The van der Waals surface area contributed by atoms with Gasteiger partial charge in [0, 0.05) is 49.2 Å². The van der Waals surface area contributed by atoms with E-state index in [1.165, 1.54) is 29.2 Å². The quantitative estimate of drug-likeness (QED) is 0.199. The number of ether oxygens (including phenoxy) is 1. The highest BCUT2D eigenvalue weighted by Gasteiger charge is 2.64. The highest BCUT2D eigenvalue weighted by Crippen LogP contribution is 2.50. The molecule has 2 saturated heterocycles. The van der Waals surface area contributed by atoms with Gasteiger partial charge in [-0.05, 0) is 37.1 Å². The second-order valence-corrected chi connectivity index (χ2v) is 9.10. The van der Waals surface area contributed by atoms with Crippen molar-refractivity contribution in [2.75, 3.05) is 25.2 Å². The van der Waals surface area contributed by atoms with Crippen molar-refractivity contribution >= 4 is 34.5 Å². The number of carbonyl (C=O) groups excluding carboxylic acids is 3. The number of non-ortho nitro benzene ring substituents is 1. The Morgan fingerprint density at radius 1 is 1.06 bits per heavy atom. The Kier molecular flexibility index (Phi) is 5.72. The number of ketones is 1. The lowest BCUT2D eigenvalue weighted by Crippen LogP contribution is -2.49. The first-order chi connectivity index (χ1) is 16.8. The van der Waals surface area contributed by atoms with Gasteiger partial charge in [-0.3, -0.25) is 29.4 Å². The Morgan fingerprint density at radius 3 is 2.43 bits per heavy atom. The molecule has 2 aromatic carbocycles. The molecule has 0 saturated carbocycles. The molecule has 2 aromatic rings. The first-order valence-electron chi connectivity index (χ1n) is 11.5. The van der Waals surface area contributed by atoms with E-state index in [4.69, 9.17) is 4.74 Å². The molecule has 3 aliphatic heterocycles. The number of allylic oxidation sites excluding steroid dienone is 1. The Labute approximate surface area is 202 Å². The number of Topliss-reactive ketones (excluding diaryl/α,β-unsaturated/α-hetero) is 1. The Morgan fingerprint density at radius 2 is 1.74 bits per heavy atom. The standard InChI is InChI=1S/C26H25N3O6/c1-15-14-20-21-22(26(32)27(25(21)31)12-5-13-35-2)23(28(20)19-7-4-3-6-18(15)19)24(30)16-8-10-17(11-9-16)29(33)34/h3-4,6-11,14,20-23H,5,12-13H2,1-2H3/t20-,21+,22-,23-/m1/s1. The van der Waals surface area contributed by atoms with Crippen LogP contribution in [0.2, 0.25) is 0 Å². The van der Waals surface area contributed by atoms with E-state index in [0.717, 1.165) is 16.8 Å². The molecule has 9 heteroatoms. The monoisotopic (exact) mass is 475 g/mol. The lowest BCUT2D eigenvalue weighted by atomic mass is 9.85. The van der Waals surface area contributed by atoms with E-state index in [1.807, 2.05) is 42.2 Å². The van der Waals surface area contributed by atoms with Gasteiger partial charge in [-0.15, -0.1) is 0 Å². The second kappa shape index (κ2) is 8.74. The lowest BCUT2D eigenvalue weighted by Gasteiger charge is -2.38. The van der Waals surface area contributed by atoms with E-state index < -0.39 is 28.8 Å². The molecule has 35 heavy (non-hydrogen) atoms. The molecule has 3 aliphatic rings. The number of amides is 2. The summed E-state index contributed by atoms with van der Waals surface area (Å²) in [6, 6.07) is 11.7. The number of carbonyl (C=O) groups is 3. The van der Waals surface area contributed by atoms with Gasteiger partial charge in [-0.2, -0.15) is 0 Å². The fraction of sp³-hybridized carbons (Fsp3) is 0.346. The SMILES string of the molecule is COCCCN1C(=O)[C@@H]2[C@@H](C1=O)[C@H](C(=O)c1ccc([N+](=O)[O-])cc1)N1c3ccccc3C(C)=C[C@H]21. The van der Waals surface area contributed by atoms with Gasteiger partial charge < -0.3 is 9.64 Å². The van der Waals surface area contributed by atoms with Gasteiger partial charge in [-0.25, -0.2) is 0 Å². The zero-order valence-corrected chi connectivity index (χ0v) is 19.4. The summed E-state index contributed by atoms with van der Waals surface area (Å²) < 4.78 is 5.08. The van der Waals surface area contributed by atoms with Crippen LogP contribution in [0.1, 0.15) is 29.3 Å². The van der Waals surface area contributed by atoms with Crippen molar-refractivity contribution in [3.8, 4) is 0 Å². The molecule has 2 amide bonds. The zero-order chi connectivity index (χ0) is 24.9. The summed E-state index contributed by atoms with van der Waals surface area (Å²) in [5, 5.41) is 11.1. The largest absolute Gasteiger partial charge is 0.385 e. The van der Waals surface area contributed by atoms with Crippen LogP contribution >= 0.6 is 0 Å². The van der Waals surface area contributed by atoms with Crippen molar-refractivity contribution in [1.82, 2.24) is 4.90 Å². The summed E-state index contributed by atoms with van der Waals surface area (Å²) in [6.07, 6.45) is 2.49. The third kappa shape index (κ3) is 3.54. The van der Waals surface area contributed by atoms with Gasteiger partial charge in [0.1, 0.15) is 6.04 Å². The maximum atomic E-state index is 13.9. The van der Waals surface area contributed by atoms with E-state index in [9.17, 15) is 24.5 Å². The molecular weight excluding hydrogens is 450 g/mol. The third-order valence-electron chi connectivity index (χ3n) is 7.21. The van der Waals surface area contributed by atoms with E-state index in [0.29, 0.717) is 13.0 Å². The molecule has 4 atom stereocenters. The number of nitrogens with zero attached hydrogens (tertiary/aromatic N) is 3. The smallest absolute Gasteiger partial charge is 0.269 e. The average Bonchev–Trinajstić information content (AvgIpc) is 3.32. The first kappa shape index (κ1) is 22.9. The van der Waals surface area contributed by atoms with Crippen LogP contribution < -0.4 is 4.90 Å². The number of nitro groups is 1. The molecule has 9 nitrogen and oxygen atoms in total. The van der Waals surface area contributed by atoms with Gasteiger partial charge in [0.05, 0.1) is 22.8 Å². The number of para-hydroxylation sites is 1. The molecule has 0 radical (unpaired) electrons. The van der Waals surface area contributed by atoms with E-state index in [-0.39, 0.29) is 35.4 Å². The minimum absolute atomic E-state index is 0.123. The molecule has 0 spiro atoms. The Bertz CT molecular complexity index is 1250. The van der Waals surface area contributed by atoms with Crippen LogP contribution in [0.15, 0.2) is 54.6 Å². The number of hydrogen-bond acceptors (Lipinski definition) is 7. The Balaban J connectivity index is 1.59. The number of likely N-dealkylation sites (tertiary alicyclic amines) is 1. The molecule has 0 aromatic heterocycles. The molecule has 0 aliphatic carbocycles. The number of anilines is 1. The normalized spacial score (nSPS) is 24.7. The first-order valence-corrected chi connectivity index (χ1v) is 11.5. The molecule has 0 N–H and O–H groups in total. The van der Waals surface area contributed by atoms with Crippen LogP contribution in [-0.4, -0.2) is 59.8 Å². The highest BCUT2D eigenvalue weighted by molar-refractivity contribution is 6.14. The van der Waals surface area contributed by atoms with Gasteiger partial charge in [0.25, 0.3) is 5.69 Å². The van der Waals surface area contributed by atoms with Crippen LogP contribution in [0.25, 0.3) is 5.57 Å². The number of fused-ring (bicyclic) bond motifs is 5. The predicted molar refractivity (Wildman–Crippen MR) is 128 cm³/mol. The maximum absolute atomic E-state index is 13.9. The van der Waals surface area contributed by atoms with Crippen LogP contribution in [0, 0.1) is 22.0 Å². The molecule has 3 heterocycles. The van der Waals surface area contributed by atoms with Crippen molar-refractivity contribution in [3.63, 3.8) is 0 Å². The van der Waals surface area contributed by atoms with E-state index >= 15 is 0 Å². The van der Waals surface area contributed by atoms with Gasteiger partial charge in [-0.1, -0.05) is 24.3 Å². The van der Waals surface area contributed by atoms with Gasteiger partial charge >= 0.3 is 0 Å².